The fraction of sp³-hybridized carbons (Fsp3) is 0.659. The van der Waals surface area contributed by atoms with Crippen molar-refractivity contribution in [1.29, 1.82) is 0 Å². The van der Waals surface area contributed by atoms with E-state index in [1.54, 1.807) is 0 Å². The minimum Gasteiger partial charge on any atom is -0.379 e. The van der Waals surface area contributed by atoms with Gasteiger partial charge in [0.25, 0.3) is 11.8 Å². The lowest BCUT2D eigenvalue weighted by atomic mass is 9.97. The molecule has 2 aromatic rings. The second-order valence-corrected chi connectivity index (χ2v) is 16.6. The molecule has 0 bridgehead atoms. The summed E-state index contributed by atoms with van der Waals surface area (Å²) >= 11 is 0. The molecule has 3 aliphatic carbocycles. The third-order valence-electron chi connectivity index (χ3n) is 12.6. The molecule has 2 aromatic carbocycles. The first-order valence-corrected chi connectivity index (χ1v) is 20.0. The molecule has 55 heavy (non-hydrogen) atoms. The molecule has 9 rings (SSSR count). The van der Waals surface area contributed by atoms with Gasteiger partial charge in [0.1, 0.15) is 0 Å². The van der Waals surface area contributed by atoms with Gasteiger partial charge in [-0.3, -0.25) is 19.4 Å². The second-order valence-electron chi connectivity index (χ2n) is 16.6. The van der Waals surface area contributed by atoms with E-state index < -0.39 is 23.5 Å². The molecule has 6 atom stereocenters. The predicted molar refractivity (Wildman–Crippen MR) is 192 cm³/mol. The molecule has 2 amide bonds. The smallest absolute Gasteiger partial charge is 0.379 e. The minimum atomic E-state index is -4.39. The number of halogens is 6. The van der Waals surface area contributed by atoms with Gasteiger partial charge in [0.2, 0.25) is 0 Å². The number of alkyl halides is 6. The molecule has 0 radical (unpaired) electrons. The summed E-state index contributed by atoms with van der Waals surface area (Å²) < 4.78 is 89.6. The van der Waals surface area contributed by atoms with E-state index in [1.807, 2.05) is 0 Å². The largest absolute Gasteiger partial charge is 0.416 e. The van der Waals surface area contributed by atoms with Crippen LogP contribution in [-0.4, -0.2) is 98.4 Å². The number of hydrogen-bond donors (Lipinski definition) is 2. The fourth-order valence-electron chi connectivity index (χ4n) is 9.23. The molecular weight excluding hydrogens is 726 g/mol. The van der Waals surface area contributed by atoms with E-state index in [2.05, 4.69) is 20.4 Å². The van der Waals surface area contributed by atoms with Crippen molar-refractivity contribution in [3.63, 3.8) is 0 Å². The Bertz CT molecular complexity index is 1710. The molecule has 3 saturated carbocycles. The Morgan fingerprint density at radius 3 is 1.47 bits per heavy atom. The van der Waals surface area contributed by atoms with Crippen LogP contribution in [0.4, 0.5) is 26.3 Å². The van der Waals surface area contributed by atoms with Crippen molar-refractivity contribution >= 4 is 11.8 Å². The molecule has 7 aliphatic rings. The van der Waals surface area contributed by atoms with Gasteiger partial charge in [0.15, 0.2) is 0 Å². The maximum absolute atomic E-state index is 13.1. The minimum absolute atomic E-state index is 0.0602. The van der Waals surface area contributed by atoms with Crippen molar-refractivity contribution in [3.05, 3.63) is 69.8 Å². The van der Waals surface area contributed by atoms with Gasteiger partial charge < -0.3 is 20.1 Å². The summed E-state index contributed by atoms with van der Waals surface area (Å²) in [7, 11) is 0. The van der Waals surface area contributed by atoms with E-state index in [0.29, 0.717) is 48.7 Å². The lowest BCUT2D eigenvalue weighted by Crippen LogP contribution is -2.56. The zero-order chi connectivity index (χ0) is 38.5. The normalized spacial score (nSPS) is 29.9. The molecule has 300 valence electrons. The summed E-state index contributed by atoms with van der Waals surface area (Å²) in [5, 5.41) is 6.14. The first-order chi connectivity index (χ1) is 26.3. The van der Waals surface area contributed by atoms with E-state index in [1.165, 1.54) is 31.4 Å². The molecule has 8 nitrogen and oxygen atoms in total. The van der Waals surface area contributed by atoms with Gasteiger partial charge in [-0.1, -0.05) is 0 Å². The van der Waals surface area contributed by atoms with Crippen LogP contribution in [0.15, 0.2) is 36.4 Å². The number of likely N-dealkylation sites (tertiary alicyclic amines) is 2. The van der Waals surface area contributed by atoms with E-state index in [9.17, 15) is 35.9 Å². The SMILES string of the molecule is O=C(NC1COCCC1N1CCCC1)c1ccc(C(F)(F)F)cc1C1CC1.O=C(N[C@@H]1COCC[C@H]1N1CC2CC2C1)c1ccc(C(F)(F)F)cc1C1CC1. The van der Waals surface area contributed by atoms with Crippen molar-refractivity contribution in [2.45, 2.75) is 106 Å². The van der Waals surface area contributed by atoms with Crippen molar-refractivity contribution in [2.24, 2.45) is 11.8 Å². The van der Waals surface area contributed by atoms with Crippen LogP contribution in [0.1, 0.15) is 113 Å². The zero-order valence-electron chi connectivity index (χ0n) is 30.9. The lowest BCUT2D eigenvalue weighted by Gasteiger charge is -2.39. The topological polar surface area (TPSA) is 83.1 Å². The summed E-state index contributed by atoms with van der Waals surface area (Å²) in [6.07, 6.45) is -0.0111. The van der Waals surface area contributed by atoms with Crippen molar-refractivity contribution in [3.8, 4) is 0 Å². The molecule has 0 aromatic heterocycles. The standard InChI is InChI=1S/C21H25F3N2O2.C20H25F3N2O2/c22-21(23,24)15-3-4-16(17(8-15)12-1-2-12)20(27)25-18-11-28-6-5-19(18)26-9-13-7-14(13)10-26;21-20(22,23)14-5-6-15(16(11-14)13-3-4-13)19(26)24-17-12-27-10-7-18(17)25-8-1-2-9-25/h3-4,8,12-14,18-19H,1-2,5-7,9-11H2,(H,25,27);5-6,11,13,17-18H,1-4,7-10,12H2,(H,24,26)/t13?,14?,18-,19-;/m1./s1. The maximum atomic E-state index is 13.1. The van der Waals surface area contributed by atoms with Gasteiger partial charge in [-0.2, -0.15) is 26.3 Å². The third-order valence-corrected chi connectivity index (χ3v) is 12.6. The van der Waals surface area contributed by atoms with Crippen LogP contribution in [0.2, 0.25) is 0 Å². The number of nitrogens with zero attached hydrogens (tertiary/aromatic N) is 2. The predicted octanol–water partition coefficient (Wildman–Crippen LogP) is 6.99. The van der Waals surface area contributed by atoms with Crippen LogP contribution < -0.4 is 10.6 Å². The van der Waals surface area contributed by atoms with Crippen LogP contribution >= 0.6 is 0 Å². The summed E-state index contributed by atoms with van der Waals surface area (Å²) in [6, 6.07) is 7.27. The fourth-order valence-corrected chi connectivity index (χ4v) is 9.23. The number of fused-ring (bicyclic) bond motifs is 1. The van der Waals surface area contributed by atoms with Gasteiger partial charge in [-0.15, -0.1) is 0 Å². The molecule has 4 unspecified atom stereocenters. The Hall–Kier alpha value is -3.20. The quantitative estimate of drug-likeness (QED) is 0.282. The Labute approximate surface area is 317 Å². The van der Waals surface area contributed by atoms with Gasteiger partial charge in [0, 0.05) is 49.5 Å². The molecule has 4 aliphatic heterocycles. The number of hydrogen-bond acceptors (Lipinski definition) is 6. The molecule has 7 fully saturated rings. The summed E-state index contributed by atoms with van der Waals surface area (Å²) in [6.45, 7) is 6.53. The number of nitrogens with one attached hydrogen (secondary N) is 2. The number of rotatable bonds is 8. The Kier molecular flexibility index (Phi) is 11.0. The van der Waals surface area contributed by atoms with Gasteiger partial charge in [-0.05, 0) is 142 Å². The first-order valence-electron chi connectivity index (χ1n) is 20.0. The van der Waals surface area contributed by atoms with Crippen molar-refractivity contribution in [1.82, 2.24) is 20.4 Å². The highest BCUT2D eigenvalue weighted by molar-refractivity contribution is 5.97. The highest BCUT2D eigenvalue weighted by Crippen LogP contribution is 2.47. The number of piperidine rings is 1. The molecule has 2 N–H and O–H groups in total. The molecular formula is C41H50F6N4O4. The number of carbonyl (C=O) groups is 2. The van der Waals surface area contributed by atoms with Crippen LogP contribution in [0.25, 0.3) is 0 Å². The summed E-state index contributed by atoms with van der Waals surface area (Å²) in [4.78, 5) is 30.8. The van der Waals surface area contributed by atoms with Crippen molar-refractivity contribution in [2.75, 3.05) is 52.6 Å². The van der Waals surface area contributed by atoms with E-state index >= 15 is 0 Å². The Balaban J connectivity index is 0.000000155. The van der Waals surface area contributed by atoms with Gasteiger partial charge in [0.05, 0.1) is 36.4 Å². The number of benzene rings is 2. The van der Waals surface area contributed by atoms with E-state index in [4.69, 9.17) is 9.47 Å². The number of carbonyl (C=O) groups excluding carboxylic acids is 2. The number of amides is 2. The Morgan fingerprint density at radius 2 is 1.05 bits per heavy atom. The zero-order valence-corrected chi connectivity index (χ0v) is 30.9. The average molecular weight is 777 g/mol. The summed E-state index contributed by atoms with van der Waals surface area (Å²) in [5.74, 6) is 1.19. The monoisotopic (exact) mass is 776 g/mol. The van der Waals surface area contributed by atoms with Crippen LogP contribution in [0.5, 0.6) is 0 Å². The van der Waals surface area contributed by atoms with Crippen LogP contribution in [0.3, 0.4) is 0 Å². The second kappa shape index (κ2) is 15.6. The van der Waals surface area contributed by atoms with E-state index in [0.717, 1.165) is 101 Å². The van der Waals surface area contributed by atoms with Crippen molar-refractivity contribution < 1.29 is 45.4 Å². The molecule has 4 heterocycles. The highest BCUT2D eigenvalue weighted by atomic mass is 19.4. The van der Waals surface area contributed by atoms with Crippen LogP contribution in [0, 0.1) is 11.8 Å². The molecule has 14 heteroatoms. The van der Waals surface area contributed by atoms with Crippen LogP contribution in [-0.2, 0) is 21.8 Å². The number of ether oxygens (including phenoxy) is 2. The Morgan fingerprint density at radius 1 is 0.618 bits per heavy atom. The lowest BCUT2D eigenvalue weighted by molar-refractivity contribution is -0.138. The van der Waals surface area contributed by atoms with E-state index in [-0.39, 0.29) is 47.8 Å². The summed E-state index contributed by atoms with van der Waals surface area (Å²) in [5.41, 5.74) is 0.443. The first kappa shape index (κ1) is 38.7. The third kappa shape index (κ3) is 9.02. The van der Waals surface area contributed by atoms with Gasteiger partial charge in [-0.25, -0.2) is 0 Å². The highest BCUT2D eigenvalue weighted by Gasteiger charge is 2.48. The average Bonchev–Trinajstić information content (AvgIpc) is 4.13. The molecule has 0 spiro atoms. The molecule has 4 saturated heterocycles. The van der Waals surface area contributed by atoms with Gasteiger partial charge >= 0.3 is 12.4 Å². The maximum Gasteiger partial charge on any atom is 0.416 e.